The van der Waals surface area contributed by atoms with Crippen LogP contribution in [-0.4, -0.2) is 78.2 Å². The van der Waals surface area contributed by atoms with Crippen molar-refractivity contribution in [3.8, 4) is 0 Å². The molecule has 4 atom stereocenters. The molecule has 1 aromatic carbocycles. The van der Waals surface area contributed by atoms with Gasteiger partial charge in [0, 0.05) is 37.1 Å². The summed E-state index contributed by atoms with van der Waals surface area (Å²) >= 11 is 0. The Labute approximate surface area is 228 Å². The lowest BCUT2D eigenvalue weighted by atomic mass is 10.0. The minimum absolute atomic E-state index is 0.134. The monoisotopic (exact) mass is 538 g/mol. The topological polar surface area (TPSA) is 152 Å². The molecule has 0 unspecified atom stereocenters. The second-order valence-corrected chi connectivity index (χ2v) is 10.2. The molecule has 1 aliphatic heterocycles. The Balaban J connectivity index is 1.85. The zero-order valence-electron chi connectivity index (χ0n) is 22.6. The van der Waals surface area contributed by atoms with Gasteiger partial charge >= 0.3 is 0 Å². The first kappa shape index (κ1) is 29.7. The van der Waals surface area contributed by atoms with Crippen LogP contribution in [0.2, 0.25) is 0 Å². The number of carbonyl (C=O) groups excluding carboxylic acids is 5. The lowest BCUT2D eigenvalue weighted by Crippen LogP contribution is -2.64. The van der Waals surface area contributed by atoms with Gasteiger partial charge in [-0.3, -0.25) is 25.0 Å². The zero-order valence-corrected chi connectivity index (χ0v) is 22.6. The first-order valence-corrected chi connectivity index (χ1v) is 13.2. The standard InChI is InChI=1S/C28H38N6O5/c1-18(2)13-20(16-35)30-25-27(38)33-26(28(39)34(3)12-8-4-5-11-24(37)32-25)31-21(17-36)14-19-15-29-23-10-7-6-9-22(19)23/h4,6-10,15-18,20-21,25-26,29-31H,5,11-14H2,1-3H3,(H,32,37)(H,33,38)/t20-,21-,25+,26+/m0/s1. The van der Waals surface area contributed by atoms with E-state index in [1.54, 1.807) is 19.2 Å². The van der Waals surface area contributed by atoms with Crippen molar-refractivity contribution >= 4 is 41.2 Å². The minimum Gasteiger partial charge on any atom is -0.361 e. The van der Waals surface area contributed by atoms with E-state index in [4.69, 9.17) is 0 Å². The number of rotatable bonds is 10. The molecule has 0 saturated heterocycles. The number of amides is 3. The number of benzene rings is 1. The maximum absolute atomic E-state index is 13.4. The number of likely N-dealkylation sites (N-methyl/N-ethyl adjacent to an activating group) is 1. The Bertz CT molecular complexity index is 1190. The summed E-state index contributed by atoms with van der Waals surface area (Å²) in [6.07, 6.45) is 5.52. The summed E-state index contributed by atoms with van der Waals surface area (Å²) in [5, 5.41) is 12.1. The predicted octanol–water partition coefficient (Wildman–Crippen LogP) is 0.764. The normalized spacial score (nSPS) is 20.9. The largest absolute Gasteiger partial charge is 0.361 e. The summed E-state index contributed by atoms with van der Waals surface area (Å²) in [5.74, 6) is -1.39. The van der Waals surface area contributed by atoms with E-state index in [2.05, 4.69) is 26.3 Å². The maximum atomic E-state index is 13.4. The van der Waals surface area contributed by atoms with Gasteiger partial charge in [0.05, 0.1) is 12.1 Å². The summed E-state index contributed by atoms with van der Waals surface area (Å²) in [6.45, 7) is 4.14. The van der Waals surface area contributed by atoms with Gasteiger partial charge in [0.2, 0.25) is 5.91 Å². The van der Waals surface area contributed by atoms with Gasteiger partial charge in [-0.15, -0.1) is 0 Å². The smallest absolute Gasteiger partial charge is 0.260 e. The van der Waals surface area contributed by atoms with Gasteiger partial charge in [0.25, 0.3) is 11.8 Å². The van der Waals surface area contributed by atoms with E-state index in [0.717, 1.165) is 16.5 Å². The molecule has 0 bridgehead atoms. The van der Waals surface area contributed by atoms with Gasteiger partial charge in [0.1, 0.15) is 12.6 Å². The Morgan fingerprint density at radius 3 is 2.44 bits per heavy atom. The number of fused-ring (bicyclic) bond motifs is 1. The number of para-hydroxylation sites is 1. The van der Waals surface area contributed by atoms with Crippen molar-refractivity contribution < 1.29 is 24.0 Å². The molecule has 1 aliphatic rings. The molecule has 3 rings (SSSR count). The van der Waals surface area contributed by atoms with Crippen LogP contribution in [0.4, 0.5) is 0 Å². The van der Waals surface area contributed by atoms with Crippen molar-refractivity contribution in [2.24, 2.45) is 5.92 Å². The van der Waals surface area contributed by atoms with Gasteiger partial charge in [-0.1, -0.05) is 44.2 Å². The van der Waals surface area contributed by atoms with Gasteiger partial charge in [-0.25, -0.2) is 0 Å². The van der Waals surface area contributed by atoms with E-state index in [0.29, 0.717) is 25.4 Å². The van der Waals surface area contributed by atoms with Crippen molar-refractivity contribution in [3.05, 3.63) is 48.2 Å². The number of hydrogen-bond acceptors (Lipinski definition) is 7. The Morgan fingerprint density at radius 1 is 1.00 bits per heavy atom. The molecule has 0 aliphatic carbocycles. The number of carbonyl (C=O) groups is 5. The van der Waals surface area contributed by atoms with Crippen molar-refractivity contribution in [2.45, 2.75) is 63.9 Å². The van der Waals surface area contributed by atoms with Gasteiger partial charge in [-0.05, 0) is 36.8 Å². The molecule has 2 heterocycles. The number of allylic oxidation sites excluding steroid dienone is 1. The highest BCUT2D eigenvalue weighted by Crippen LogP contribution is 2.19. The number of aromatic nitrogens is 1. The van der Waals surface area contributed by atoms with Gasteiger partial charge in [0.15, 0.2) is 12.3 Å². The van der Waals surface area contributed by atoms with Crippen molar-refractivity contribution in [3.63, 3.8) is 0 Å². The van der Waals surface area contributed by atoms with E-state index < -0.39 is 36.2 Å². The third-order valence-electron chi connectivity index (χ3n) is 6.49. The number of aromatic amines is 1. The van der Waals surface area contributed by atoms with E-state index in [1.807, 2.05) is 44.3 Å². The average Bonchev–Trinajstić information content (AvgIpc) is 3.32. The van der Waals surface area contributed by atoms with Crippen LogP contribution in [0.1, 0.15) is 38.7 Å². The van der Waals surface area contributed by atoms with Crippen molar-refractivity contribution in [1.82, 2.24) is 31.2 Å². The van der Waals surface area contributed by atoms with Crippen LogP contribution in [0.15, 0.2) is 42.6 Å². The zero-order chi connectivity index (χ0) is 28.4. The molecule has 1 aromatic heterocycles. The highest BCUT2D eigenvalue weighted by molar-refractivity contribution is 5.92. The van der Waals surface area contributed by atoms with E-state index in [-0.39, 0.29) is 31.2 Å². The van der Waals surface area contributed by atoms with Crippen molar-refractivity contribution in [1.29, 1.82) is 0 Å². The lowest BCUT2D eigenvalue weighted by Gasteiger charge is -2.29. The van der Waals surface area contributed by atoms with Crippen LogP contribution < -0.4 is 21.3 Å². The van der Waals surface area contributed by atoms with Crippen LogP contribution in [0.5, 0.6) is 0 Å². The molecule has 0 radical (unpaired) electrons. The number of hydrogen-bond donors (Lipinski definition) is 5. The Kier molecular flexibility index (Phi) is 10.9. The fourth-order valence-electron chi connectivity index (χ4n) is 4.47. The highest BCUT2D eigenvalue weighted by atomic mass is 16.2. The molecule has 0 fully saturated rings. The predicted molar refractivity (Wildman–Crippen MR) is 147 cm³/mol. The van der Waals surface area contributed by atoms with E-state index in [9.17, 15) is 24.0 Å². The van der Waals surface area contributed by atoms with Crippen LogP contribution >= 0.6 is 0 Å². The summed E-state index contributed by atoms with van der Waals surface area (Å²) < 4.78 is 0. The molecule has 3 amide bonds. The molecule has 2 aromatic rings. The summed E-state index contributed by atoms with van der Waals surface area (Å²) in [5.41, 5.74) is 1.80. The average molecular weight is 539 g/mol. The van der Waals surface area contributed by atoms with Crippen LogP contribution in [0.3, 0.4) is 0 Å². The van der Waals surface area contributed by atoms with E-state index in [1.165, 1.54) is 4.90 Å². The van der Waals surface area contributed by atoms with Crippen LogP contribution in [-0.2, 0) is 30.4 Å². The number of aldehydes is 2. The minimum atomic E-state index is -1.27. The third-order valence-corrected chi connectivity index (χ3v) is 6.49. The summed E-state index contributed by atoms with van der Waals surface area (Å²) in [4.78, 5) is 67.7. The molecule has 39 heavy (non-hydrogen) atoms. The van der Waals surface area contributed by atoms with Gasteiger partial charge < -0.3 is 30.1 Å². The van der Waals surface area contributed by atoms with Crippen molar-refractivity contribution in [2.75, 3.05) is 13.6 Å². The summed E-state index contributed by atoms with van der Waals surface area (Å²) in [6, 6.07) is 6.18. The second-order valence-electron chi connectivity index (χ2n) is 10.2. The Hall–Kier alpha value is -3.83. The highest BCUT2D eigenvalue weighted by Gasteiger charge is 2.31. The fraction of sp³-hybridized carbons (Fsp3) is 0.464. The number of H-pyrrole nitrogens is 1. The number of nitrogens with one attached hydrogen (secondary N) is 5. The maximum Gasteiger partial charge on any atom is 0.260 e. The quantitative estimate of drug-likeness (QED) is 0.221. The third kappa shape index (κ3) is 8.59. The molecule has 0 saturated carbocycles. The second kappa shape index (κ2) is 14.4. The van der Waals surface area contributed by atoms with Gasteiger partial charge in [-0.2, -0.15) is 0 Å². The first-order valence-electron chi connectivity index (χ1n) is 13.2. The van der Waals surface area contributed by atoms with Crippen LogP contribution in [0.25, 0.3) is 10.9 Å². The molecular weight excluding hydrogens is 500 g/mol. The summed E-state index contributed by atoms with van der Waals surface area (Å²) in [7, 11) is 1.59. The van der Waals surface area contributed by atoms with Crippen LogP contribution in [0, 0.1) is 5.92 Å². The Morgan fingerprint density at radius 2 is 1.72 bits per heavy atom. The molecule has 210 valence electrons. The fourth-order valence-corrected chi connectivity index (χ4v) is 4.47. The van der Waals surface area contributed by atoms with E-state index >= 15 is 0 Å². The lowest BCUT2D eigenvalue weighted by molar-refractivity contribution is -0.138. The first-order chi connectivity index (χ1) is 18.7. The molecule has 11 nitrogen and oxygen atoms in total. The molecule has 5 N–H and O–H groups in total. The SMILES string of the molecule is CC(C)C[C@@H](C=O)N[C@@H]1NC(=O)CCC=CCN(C)C(=O)[C@H](N[C@H](C=O)Cc2c[nH]c3ccccc23)NC1=O. The number of nitrogens with zero attached hydrogens (tertiary/aromatic N) is 1. The molecule has 11 heteroatoms. The molecular formula is C28H38N6O5. The molecule has 0 spiro atoms.